The Kier molecular flexibility index (Phi) is 6.54. The Morgan fingerprint density at radius 1 is 0.947 bits per heavy atom. The van der Waals surface area contributed by atoms with Crippen LogP contribution < -0.4 is 10.4 Å². The monoisotopic (exact) mass is 503 g/mol. The second-order valence-electron chi connectivity index (χ2n) is 9.33. The number of nitrogens with one attached hydrogen (secondary N) is 1. The van der Waals surface area contributed by atoms with Gasteiger partial charge in [-0.25, -0.2) is 14.6 Å². The standard InChI is InChI=1S/C30H29N7O/c1-2-36(23-13-7-4-8-14-23)34-30(38)28-24-15-9-10-16-26(24)33-29(22-11-5-3-6-12-22)25(28)19-35-17-18-37-27(20-35)31-21-32-37/h3-16,21H,2,17-20H2,1H3,(H,34,38). The van der Waals surface area contributed by atoms with E-state index in [0.717, 1.165) is 52.3 Å². The molecule has 1 N–H and O–H groups in total. The van der Waals surface area contributed by atoms with Gasteiger partial charge in [-0.1, -0.05) is 66.7 Å². The number of amides is 1. The van der Waals surface area contributed by atoms with Crippen molar-refractivity contribution < 1.29 is 4.79 Å². The van der Waals surface area contributed by atoms with Gasteiger partial charge in [-0.2, -0.15) is 5.10 Å². The molecule has 0 spiro atoms. The largest absolute Gasteiger partial charge is 0.290 e. The molecule has 0 saturated heterocycles. The Hall–Kier alpha value is -4.56. The van der Waals surface area contributed by atoms with Crippen molar-refractivity contribution in [1.82, 2.24) is 30.1 Å². The topological polar surface area (TPSA) is 79.2 Å². The summed E-state index contributed by atoms with van der Waals surface area (Å²) in [5.74, 6) is 0.778. The highest BCUT2D eigenvalue weighted by Crippen LogP contribution is 2.32. The first-order valence-corrected chi connectivity index (χ1v) is 12.9. The summed E-state index contributed by atoms with van der Waals surface area (Å²) >= 11 is 0. The van der Waals surface area contributed by atoms with Gasteiger partial charge < -0.3 is 0 Å². The summed E-state index contributed by atoms with van der Waals surface area (Å²) in [6.45, 7) is 5.45. The molecule has 8 heteroatoms. The van der Waals surface area contributed by atoms with Gasteiger partial charge in [-0.15, -0.1) is 0 Å². The first-order valence-electron chi connectivity index (χ1n) is 12.9. The van der Waals surface area contributed by atoms with E-state index in [4.69, 9.17) is 4.98 Å². The highest BCUT2D eigenvalue weighted by Gasteiger charge is 2.26. The van der Waals surface area contributed by atoms with Crippen molar-refractivity contribution in [3.63, 3.8) is 0 Å². The van der Waals surface area contributed by atoms with Crippen molar-refractivity contribution in [3.8, 4) is 11.3 Å². The maximum Gasteiger partial charge on any atom is 0.270 e. The van der Waals surface area contributed by atoms with Crippen LogP contribution in [0.1, 0.15) is 28.7 Å². The van der Waals surface area contributed by atoms with E-state index in [1.807, 2.05) is 89.4 Å². The second kappa shape index (κ2) is 10.4. The molecule has 0 aliphatic carbocycles. The lowest BCUT2D eigenvalue weighted by atomic mass is 9.95. The van der Waals surface area contributed by atoms with Crippen molar-refractivity contribution in [1.29, 1.82) is 0 Å². The minimum atomic E-state index is -0.151. The van der Waals surface area contributed by atoms with Crippen LogP contribution in [0.3, 0.4) is 0 Å². The lowest BCUT2D eigenvalue weighted by molar-refractivity contribution is 0.0948. The van der Waals surface area contributed by atoms with Crippen LogP contribution in [0.15, 0.2) is 91.3 Å². The zero-order chi connectivity index (χ0) is 25.9. The molecule has 38 heavy (non-hydrogen) atoms. The predicted molar refractivity (Wildman–Crippen MR) is 148 cm³/mol. The van der Waals surface area contributed by atoms with Crippen LogP contribution in [0.25, 0.3) is 22.2 Å². The molecular formula is C30H29N7O. The van der Waals surface area contributed by atoms with E-state index in [9.17, 15) is 4.79 Å². The lowest BCUT2D eigenvalue weighted by Gasteiger charge is -2.29. The van der Waals surface area contributed by atoms with E-state index in [1.165, 1.54) is 0 Å². The van der Waals surface area contributed by atoms with Crippen molar-refractivity contribution in [3.05, 3.63) is 108 Å². The lowest BCUT2D eigenvalue weighted by Crippen LogP contribution is -2.43. The molecule has 0 unspecified atom stereocenters. The number of nitrogens with zero attached hydrogens (tertiary/aromatic N) is 6. The molecule has 0 bridgehead atoms. The van der Waals surface area contributed by atoms with E-state index in [1.54, 1.807) is 6.33 Å². The molecule has 8 nitrogen and oxygen atoms in total. The Balaban J connectivity index is 1.48. The maximum atomic E-state index is 14.2. The molecule has 5 aromatic rings. The van der Waals surface area contributed by atoms with E-state index in [2.05, 4.69) is 32.5 Å². The van der Waals surface area contributed by atoms with Crippen LogP contribution in [0.5, 0.6) is 0 Å². The van der Waals surface area contributed by atoms with Gasteiger partial charge in [0, 0.05) is 36.1 Å². The first kappa shape index (κ1) is 23.8. The Labute approximate surface area is 221 Å². The smallest absolute Gasteiger partial charge is 0.270 e. The molecule has 1 aliphatic rings. The van der Waals surface area contributed by atoms with Gasteiger partial charge in [0.15, 0.2) is 0 Å². The van der Waals surface area contributed by atoms with Crippen LogP contribution in [-0.2, 0) is 19.6 Å². The normalized spacial score (nSPS) is 13.3. The molecule has 0 saturated carbocycles. The van der Waals surface area contributed by atoms with Gasteiger partial charge >= 0.3 is 0 Å². The molecule has 2 aromatic heterocycles. The van der Waals surface area contributed by atoms with Crippen LogP contribution in [0, 0.1) is 0 Å². The van der Waals surface area contributed by atoms with E-state index in [-0.39, 0.29) is 5.91 Å². The minimum Gasteiger partial charge on any atom is -0.290 e. The van der Waals surface area contributed by atoms with Crippen molar-refractivity contribution in [2.45, 2.75) is 26.6 Å². The first-order chi connectivity index (χ1) is 18.7. The number of hydrogen-bond acceptors (Lipinski definition) is 6. The molecular weight excluding hydrogens is 474 g/mol. The molecule has 0 atom stereocenters. The maximum absolute atomic E-state index is 14.2. The van der Waals surface area contributed by atoms with E-state index >= 15 is 0 Å². The zero-order valence-electron chi connectivity index (χ0n) is 21.3. The van der Waals surface area contributed by atoms with E-state index in [0.29, 0.717) is 25.2 Å². The van der Waals surface area contributed by atoms with Crippen molar-refractivity contribution >= 4 is 22.5 Å². The Morgan fingerprint density at radius 2 is 1.68 bits per heavy atom. The average molecular weight is 504 g/mol. The molecule has 1 amide bonds. The van der Waals surface area contributed by atoms with Crippen LogP contribution >= 0.6 is 0 Å². The highest BCUT2D eigenvalue weighted by atomic mass is 16.2. The van der Waals surface area contributed by atoms with E-state index < -0.39 is 0 Å². The van der Waals surface area contributed by atoms with Crippen molar-refractivity contribution in [2.24, 2.45) is 0 Å². The fourth-order valence-corrected chi connectivity index (χ4v) is 5.08. The van der Waals surface area contributed by atoms with Crippen LogP contribution in [-0.4, -0.2) is 43.6 Å². The number of para-hydroxylation sites is 2. The van der Waals surface area contributed by atoms with Gasteiger partial charge in [0.25, 0.3) is 5.91 Å². The van der Waals surface area contributed by atoms with Gasteiger partial charge in [0.05, 0.1) is 35.6 Å². The number of benzene rings is 3. The molecule has 6 rings (SSSR count). The third-order valence-electron chi connectivity index (χ3n) is 6.96. The molecule has 3 heterocycles. The Bertz CT molecular complexity index is 1570. The highest BCUT2D eigenvalue weighted by molar-refractivity contribution is 6.09. The summed E-state index contributed by atoms with van der Waals surface area (Å²) in [5.41, 5.74) is 8.27. The fourth-order valence-electron chi connectivity index (χ4n) is 5.08. The van der Waals surface area contributed by atoms with Gasteiger partial charge in [-0.05, 0) is 25.1 Å². The van der Waals surface area contributed by atoms with Crippen LogP contribution in [0.4, 0.5) is 5.69 Å². The summed E-state index contributed by atoms with van der Waals surface area (Å²) in [6, 6.07) is 27.9. The summed E-state index contributed by atoms with van der Waals surface area (Å²) in [7, 11) is 0. The zero-order valence-corrected chi connectivity index (χ0v) is 21.3. The number of rotatable bonds is 7. The number of anilines is 1. The summed E-state index contributed by atoms with van der Waals surface area (Å²) in [6.07, 6.45) is 1.60. The second-order valence-corrected chi connectivity index (χ2v) is 9.33. The van der Waals surface area contributed by atoms with Gasteiger partial charge in [0.2, 0.25) is 0 Å². The average Bonchev–Trinajstić information content (AvgIpc) is 3.44. The number of aromatic nitrogens is 4. The summed E-state index contributed by atoms with van der Waals surface area (Å²) in [5, 5.41) is 7.04. The molecule has 3 aromatic carbocycles. The number of fused-ring (bicyclic) bond motifs is 2. The molecule has 0 fully saturated rings. The SMILES string of the molecule is CCN(NC(=O)c1c(CN2CCn3ncnc3C2)c(-c2ccccc2)nc2ccccc12)c1ccccc1. The third-order valence-corrected chi connectivity index (χ3v) is 6.96. The fraction of sp³-hybridized carbons (Fsp3) is 0.200. The van der Waals surface area contributed by atoms with Crippen molar-refractivity contribution in [2.75, 3.05) is 18.1 Å². The van der Waals surface area contributed by atoms with Gasteiger partial charge in [0.1, 0.15) is 12.2 Å². The summed E-state index contributed by atoms with van der Waals surface area (Å²) in [4.78, 5) is 26.0. The third kappa shape index (κ3) is 4.62. The number of carbonyl (C=O) groups excluding carboxylic acids is 1. The minimum absolute atomic E-state index is 0.151. The molecule has 190 valence electrons. The number of pyridine rings is 1. The molecule has 0 radical (unpaired) electrons. The van der Waals surface area contributed by atoms with Gasteiger partial charge in [-0.3, -0.25) is 20.1 Å². The number of hydrazine groups is 1. The summed E-state index contributed by atoms with van der Waals surface area (Å²) < 4.78 is 1.94. The number of carbonyl (C=O) groups is 1. The van der Waals surface area contributed by atoms with Crippen LogP contribution in [0.2, 0.25) is 0 Å². The molecule has 1 aliphatic heterocycles. The predicted octanol–water partition coefficient (Wildman–Crippen LogP) is 4.68. The quantitative estimate of drug-likeness (QED) is 0.325. The number of hydrogen-bond donors (Lipinski definition) is 1. The Morgan fingerprint density at radius 3 is 2.47 bits per heavy atom.